The fraction of sp³-hybridized carbons (Fsp3) is 0.571. The maximum Gasteiger partial charge on any atom is 0.319 e. The van der Waals surface area contributed by atoms with Crippen LogP contribution in [0.3, 0.4) is 0 Å². The first-order valence-electron chi connectivity index (χ1n) is 10.4. The minimum absolute atomic E-state index is 0.0123. The van der Waals surface area contributed by atoms with Crippen molar-refractivity contribution >= 4 is 29.2 Å². The molecule has 4 amide bonds. The molecule has 3 aliphatic heterocycles. The molecule has 3 heterocycles. The molecule has 28 heavy (non-hydrogen) atoms. The van der Waals surface area contributed by atoms with Crippen molar-refractivity contribution in [3.63, 3.8) is 0 Å². The second kappa shape index (κ2) is 8.20. The SMILES string of the molecule is O=C(Nc1ccc(N2CCCC2=O)cc1)C1CCN(C(=O)N2CCCC2)CC1. The van der Waals surface area contributed by atoms with Crippen molar-refractivity contribution < 1.29 is 14.4 Å². The molecule has 1 aromatic carbocycles. The van der Waals surface area contributed by atoms with Crippen molar-refractivity contribution in [1.29, 1.82) is 0 Å². The monoisotopic (exact) mass is 384 g/mol. The number of piperidine rings is 1. The molecule has 1 aromatic rings. The number of amides is 4. The molecule has 0 aromatic heterocycles. The Morgan fingerprint density at radius 3 is 2.11 bits per heavy atom. The number of nitrogens with zero attached hydrogens (tertiary/aromatic N) is 3. The van der Waals surface area contributed by atoms with Gasteiger partial charge in [-0.3, -0.25) is 9.59 Å². The van der Waals surface area contributed by atoms with Gasteiger partial charge in [-0.25, -0.2) is 4.79 Å². The molecule has 0 unspecified atom stereocenters. The Kier molecular flexibility index (Phi) is 5.50. The predicted molar refractivity (Wildman–Crippen MR) is 107 cm³/mol. The summed E-state index contributed by atoms with van der Waals surface area (Å²) in [5.74, 6) is 0.104. The number of anilines is 2. The standard InChI is InChI=1S/C21H28N4O3/c26-19-4-3-13-25(19)18-7-5-17(6-8-18)22-20(27)16-9-14-24(15-10-16)21(28)23-11-1-2-12-23/h5-8,16H,1-4,9-15H2,(H,22,27). The van der Waals surface area contributed by atoms with Crippen LogP contribution in [0.1, 0.15) is 38.5 Å². The lowest BCUT2D eigenvalue weighted by molar-refractivity contribution is -0.121. The zero-order valence-corrected chi connectivity index (χ0v) is 16.2. The van der Waals surface area contributed by atoms with Gasteiger partial charge in [0.15, 0.2) is 0 Å². The van der Waals surface area contributed by atoms with Crippen molar-refractivity contribution in [1.82, 2.24) is 9.80 Å². The van der Waals surface area contributed by atoms with Gasteiger partial charge in [-0.15, -0.1) is 0 Å². The zero-order valence-electron chi connectivity index (χ0n) is 16.2. The fourth-order valence-corrected chi connectivity index (χ4v) is 4.33. The first-order chi connectivity index (χ1) is 13.6. The smallest absolute Gasteiger partial charge is 0.319 e. The Balaban J connectivity index is 1.27. The summed E-state index contributed by atoms with van der Waals surface area (Å²) in [7, 11) is 0. The minimum Gasteiger partial charge on any atom is -0.326 e. The van der Waals surface area contributed by atoms with Gasteiger partial charge in [-0.1, -0.05) is 0 Å². The largest absolute Gasteiger partial charge is 0.326 e. The number of nitrogens with one attached hydrogen (secondary N) is 1. The highest BCUT2D eigenvalue weighted by Crippen LogP contribution is 2.25. The van der Waals surface area contributed by atoms with Gasteiger partial charge in [0.1, 0.15) is 0 Å². The van der Waals surface area contributed by atoms with Crippen molar-refractivity contribution in [2.24, 2.45) is 5.92 Å². The molecule has 4 rings (SSSR count). The molecule has 3 fully saturated rings. The topological polar surface area (TPSA) is 73.0 Å². The highest BCUT2D eigenvalue weighted by atomic mass is 16.2. The lowest BCUT2D eigenvalue weighted by atomic mass is 9.96. The van der Waals surface area contributed by atoms with E-state index in [1.807, 2.05) is 34.1 Å². The Morgan fingerprint density at radius 1 is 0.857 bits per heavy atom. The molecule has 3 aliphatic rings. The van der Waals surface area contributed by atoms with Crippen LogP contribution in [0.2, 0.25) is 0 Å². The number of hydrogen-bond acceptors (Lipinski definition) is 3. The molecule has 0 radical (unpaired) electrons. The molecular formula is C21H28N4O3. The maximum absolute atomic E-state index is 12.6. The van der Waals surface area contributed by atoms with Gasteiger partial charge in [0.25, 0.3) is 0 Å². The summed E-state index contributed by atoms with van der Waals surface area (Å²) in [6, 6.07) is 7.60. The van der Waals surface area contributed by atoms with Gasteiger partial charge in [-0.05, 0) is 56.4 Å². The van der Waals surface area contributed by atoms with E-state index in [0.29, 0.717) is 32.4 Å². The van der Waals surface area contributed by atoms with E-state index in [1.165, 1.54) is 0 Å². The summed E-state index contributed by atoms with van der Waals surface area (Å²) >= 11 is 0. The van der Waals surface area contributed by atoms with Crippen LogP contribution in [0.5, 0.6) is 0 Å². The number of hydrogen-bond donors (Lipinski definition) is 1. The Labute approximate surface area is 165 Å². The van der Waals surface area contributed by atoms with Gasteiger partial charge in [-0.2, -0.15) is 0 Å². The number of rotatable bonds is 3. The second-order valence-corrected chi connectivity index (χ2v) is 7.92. The zero-order chi connectivity index (χ0) is 19.5. The summed E-state index contributed by atoms with van der Waals surface area (Å²) in [4.78, 5) is 42.5. The van der Waals surface area contributed by atoms with Crippen molar-refractivity contribution in [3.05, 3.63) is 24.3 Å². The normalized spacial score (nSPS) is 20.7. The van der Waals surface area contributed by atoms with Crippen LogP contribution < -0.4 is 10.2 Å². The summed E-state index contributed by atoms with van der Waals surface area (Å²) < 4.78 is 0. The lowest BCUT2D eigenvalue weighted by Crippen LogP contribution is -2.47. The lowest BCUT2D eigenvalue weighted by Gasteiger charge is -2.34. The van der Waals surface area contributed by atoms with E-state index in [-0.39, 0.29) is 23.8 Å². The molecule has 0 atom stereocenters. The highest BCUT2D eigenvalue weighted by Gasteiger charge is 2.30. The molecule has 0 bridgehead atoms. The Morgan fingerprint density at radius 2 is 1.50 bits per heavy atom. The van der Waals surface area contributed by atoms with E-state index in [0.717, 1.165) is 50.3 Å². The van der Waals surface area contributed by atoms with Gasteiger partial charge < -0.3 is 20.0 Å². The maximum atomic E-state index is 12.6. The van der Waals surface area contributed by atoms with Crippen LogP contribution in [0.25, 0.3) is 0 Å². The van der Waals surface area contributed by atoms with E-state index in [2.05, 4.69) is 5.32 Å². The first-order valence-corrected chi connectivity index (χ1v) is 10.4. The van der Waals surface area contributed by atoms with Crippen LogP contribution in [0.4, 0.5) is 16.2 Å². The van der Waals surface area contributed by atoms with Crippen LogP contribution in [0.15, 0.2) is 24.3 Å². The fourth-order valence-electron chi connectivity index (χ4n) is 4.33. The highest BCUT2D eigenvalue weighted by molar-refractivity contribution is 5.96. The molecule has 0 aliphatic carbocycles. The van der Waals surface area contributed by atoms with Crippen molar-refractivity contribution in [2.45, 2.75) is 38.5 Å². The van der Waals surface area contributed by atoms with E-state index in [9.17, 15) is 14.4 Å². The van der Waals surface area contributed by atoms with Crippen LogP contribution in [-0.2, 0) is 9.59 Å². The van der Waals surface area contributed by atoms with Crippen LogP contribution in [-0.4, -0.2) is 60.4 Å². The molecule has 0 spiro atoms. The third-order valence-electron chi connectivity index (χ3n) is 6.03. The van der Waals surface area contributed by atoms with E-state index in [4.69, 9.17) is 0 Å². The van der Waals surface area contributed by atoms with E-state index < -0.39 is 0 Å². The first kappa shape index (κ1) is 18.8. The van der Waals surface area contributed by atoms with E-state index >= 15 is 0 Å². The number of likely N-dealkylation sites (tertiary alicyclic amines) is 2. The second-order valence-electron chi connectivity index (χ2n) is 7.92. The van der Waals surface area contributed by atoms with Crippen molar-refractivity contribution in [3.8, 4) is 0 Å². The quantitative estimate of drug-likeness (QED) is 0.871. The average Bonchev–Trinajstić information content (AvgIpc) is 3.40. The van der Waals surface area contributed by atoms with Crippen molar-refractivity contribution in [2.75, 3.05) is 42.9 Å². The molecule has 0 saturated carbocycles. The molecule has 7 heteroatoms. The summed E-state index contributed by atoms with van der Waals surface area (Å²) in [5, 5.41) is 2.98. The molecular weight excluding hydrogens is 356 g/mol. The molecule has 150 valence electrons. The van der Waals surface area contributed by atoms with Gasteiger partial charge >= 0.3 is 6.03 Å². The van der Waals surface area contributed by atoms with E-state index in [1.54, 1.807) is 4.90 Å². The number of carbonyl (C=O) groups excluding carboxylic acids is 3. The molecule has 3 saturated heterocycles. The number of carbonyl (C=O) groups is 3. The summed E-state index contributed by atoms with van der Waals surface area (Å²) in [6.45, 7) is 3.77. The third kappa shape index (κ3) is 3.98. The van der Waals surface area contributed by atoms with Crippen LogP contribution in [0, 0.1) is 5.92 Å². The number of benzene rings is 1. The molecule has 7 nitrogen and oxygen atoms in total. The van der Waals surface area contributed by atoms with Crippen LogP contribution >= 0.6 is 0 Å². The summed E-state index contributed by atoms with van der Waals surface area (Å²) in [6.07, 6.45) is 5.09. The van der Waals surface area contributed by atoms with Gasteiger partial charge in [0, 0.05) is 56.4 Å². The van der Waals surface area contributed by atoms with Gasteiger partial charge in [0.05, 0.1) is 0 Å². The average molecular weight is 384 g/mol. The third-order valence-corrected chi connectivity index (χ3v) is 6.03. The Bertz CT molecular complexity index is 735. The number of urea groups is 1. The Hall–Kier alpha value is -2.57. The molecule has 1 N–H and O–H groups in total. The predicted octanol–water partition coefficient (Wildman–Crippen LogP) is 2.68. The minimum atomic E-state index is -0.0672. The van der Waals surface area contributed by atoms with Gasteiger partial charge in [0.2, 0.25) is 11.8 Å². The summed E-state index contributed by atoms with van der Waals surface area (Å²) in [5.41, 5.74) is 1.63.